The molecule has 1 heterocycles. The van der Waals surface area contributed by atoms with Gasteiger partial charge in [0.15, 0.2) is 0 Å². The second-order valence-electron chi connectivity index (χ2n) is 3.74. The molecule has 0 amide bonds. The average Bonchev–Trinajstić information content (AvgIpc) is 2.79. The van der Waals surface area contributed by atoms with Crippen LogP contribution < -0.4 is 10.1 Å². The summed E-state index contributed by atoms with van der Waals surface area (Å²) < 4.78 is 5.54. The molecule has 2 rings (SSSR count). The van der Waals surface area contributed by atoms with E-state index < -0.39 is 12.0 Å². The summed E-state index contributed by atoms with van der Waals surface area (Å²) in [5.74, 6) is 0.612. The van der Waals surface area contributed by atoms with Crippen LogP contribution in [0.2, 0.25) is 0 Å². The third-order valence-corrected chi connectivity index (χ3v) is 3.83. The van der Waals surface area contributed by atoms with Crippen LogP contribution in [0.5, 0.6) is 5.75 Å². The molecular weight excluding hydrogens is 238 g/mol. The van der Waals surface area contributed by atoms with Crippen LogP contribution in [0.1, 0.15) is 17.9 Å². The third-order valence-electron chi connectivity index (χ3n) is 2.58. The van der Waals surface area contributed by atoms with Crippen LogP contribution in [0.15, 0.2) is 24.3 Å². The Labute approximate surface area is 104 Å². The Balaban J connectivity index is 2.15. The molecular formula is C12H15NO3S. The van der Waals surface area contributed by atoms with Crippen molar-refractivity contribution in [1.82, 2.24) is 5.32 Å². The van der Waals surface area contributed by atoms with E-state index in [0.29, 0.717) is 12.4 Å². The smallest absolute Gasteiger partial charge is 0.321 e. The lowest BCUT2D eigenvalue weighted by Gasteiger charge is -2.15. The maximum absolute atomic E-state index is 10.9. The van der Waals surface area contributed by atoms with Gasteiger partial charge in [-0.05, 0) is 13.0 Å². The molecule has 0 aliphatic carbocycles. The number of carboxylic acids is 1. The van der Waals surface area contributed by atoms with Gasteiger partial charge in [-0.15, -0.1) is 11.8 Å². The van der Waals surface area contributed by atoms with Gasteiger partial charge in [-0.2, -0.15) is 0 Å². The van der Waals surface area contributed by atoms with Gasteiger partial charge in [0.1, 0.15) is 11.8 Å². The standard InChI is InChI=1S/C12H15NO3S/c1-2-16-10-6-4-3-5-8(10)11-13-9(7-17-11)12(14)15/h3-6,9,11,13H,2,7H2,1H3,(H,14,15)/t9-,11?/m0/s1. The molecule has 5 heteroatoms. The van der Waals surface area contributed by atoms with E-state index >= 15 is 0 Å². The third kappa shape index (κ3) is 2.73. The first-order valence-electron chi connectivity index (χ1n) is 5.54. The lowest BCUT2D eigenvalue weighted by molar-refractivity contribution is -0.138. The highest BCUT2D eigenvalue weighted by atomic mass is 32.2. The zero-order valence-electron chi connectivity index (χ0n) is 9.55. The molecule has 1 fully saturated rings. The normalized spacial score (nSPS) is 23.6. The second kappa shape index (κ2) is 5.42. The van der Waals surface area contributed by atoms with Crippen LogP contribution in [0.3, 0.4) is 0 Å². The molecule has 4 nitrogen and oxygen atoms in total. The summed E-state index contributed by atoms with van der Waals surface area (Å²) in [6.45, 7) is 2.54. The van der Waals surface area contributed by atoms with Crippen molar-refractivity contribution in [2.24, 2.45) is 0 Å². The molecule has 0 radical (unpaired) electrons. The van der Waals surface area contributed by atoms with Gasteiger partial charge >= 0.3 is 5.97 Å². The van der Waals surface area contributed by atoms with Crippen LogP contribution in [0.25, 0.3) is 0 Å². The van der Waals surface area contributed by atoms with E-state index in [1.54, 1.807) is 11.8 Å². The van der Waals surface area contributed by atoms with Gasteiger partial charge < -0.3 is 9.84 Å². The molecule has 1 saturated heterocycles. The first-order valence-corrected chi connectivity index (χ1v) is 6.59. The van der Waals surface area contributed by atoms with Gasteiger partial charge in [-0.25, -0.2) is 0 Å². The number of benzene rings is 1. The van der Waals surface area contributed by atoms with E-state index in [4.69, 9.17) is 9.84 Å². The highest BCUT2D eigenvalue weighted by Gasteiger charge is 2.31. The first kappa shape index (κ1) is 12.3. The maximum Gasteiger partial charge on any atom is 0.321 e. The molecule has 1 aliphatic rings. The Bertz CT molecular complexity index is 410. The molecule has 92 valence electrons. The summed E-state index contributed by atoms with van der Waals surface area (Å²) in [5.41, 5.74) is 1.02. The Hall–Kier alpha value is -1.20. The second-order valence-corrected chi connectivity index (χ2v) is 4.88. The number of carbonyl (C=O) groups is 1. The maximum atomic E-state index is 10.9. The predicted octanol–water partition coefficient (Wildman–Crippen LogP) is 1.87. The number of thioether (sulfide) groups is 1. The molecule has 17 heavy (non-hydrogen) atoms. The van der Waals surface area contributed by atoms with Crippen LogP contribution in [0, 0.1) is 0 Å². The Morgan fingerprint density at radius 2 is 2.35 bits per heavy atom. The van der Waals surface area contributed by atoms with Gasteiger partial charge in [0.2, 0.25) is 0 Å². The van der Waals surface area contributed by atoms with E-state index in [-0.39, 0.29) is 5.37 Å². The molecule has 0 aromatic heterocycles. The number of para-hydroxylation sites is 1. The quantitative estimate of drug-likeness (QED) is 0.858. The van der Waals surface area contributed by atoms with Crippen molar-refractivity contribution in [2.45, 2.75) is 18.3 Å². The molecule has 1 aliphatic heterocycles. The fourth-order valence-corrected chi connectivity index (χ4v) is 3.04. The van der Waals surface area contributed by atoms with E-state index in [1.807, 2.05) is 31.2 Å². The number of rotatable bonds is 4. The summed E-state index contributed by atoms with van der Waals surface area (Å²) in [6.07, 6.45) is 0. The lowest BCUT2D eigenvalue weighted by atomic mass is 10.2. The van der Waals surface area contributed by atoms with Gasteiger partial charge in [-0.3, -0.25) is 10.1 Å². The zero-order chi connectivity index (χ0) is 12.3. The summed E-state index contributed by atoms with van der Waals surface area (Å²) in [5, 5.41) is 12.0. The van der Waals surface area contributed by atoms with Crippen molar-refractivity contribution < 1.29 is 14.6 Å². The molecule has 2 N–H and O–H groups in total. The molecule has 1 aromatic carbocycles. The topological polar surface area (TPSA) is 58.6 Å². The average molecular weight is 253 g/mol. The van der Waals surface area contributed by atoms with Crippen molar-refractivity contribution in [3.63, 3.8) is 0 Å². The fraction of sp³-hybridized carbons (Fsp3) is 0.417. The molecule has 0 saturated carbocycles. The van der Waals surface area contributed by atoms with Crippen molar-refractivity contribution in [3.05, 3.63) is 29.8 Å². The van der Waals surface area contributed by atoms with Crippen molar-refractivity contribution in [3.8, 4) is 5.75 Å². The SMILES string of the molecule is CCOc1ccccc1C1N[C@H](C(=O)O)CS1. The Kier molecular flexibility index (Phi) is 3.91. The monoisotopic (exact) mass is 253 g/mol. The van der Waals surface area contributed by atoms with Crippen LogP contribution >= 0.6 is 11.8 Å². The van der Waals surface area contributed by atoms with Crippen LogP contribution in [-0.2, 0) is 4.79 Å². The molecule has 1 unspecified atom stereocenters. The van der Waals surface area contributed by atoms with Gasteiger partial charge in [0.25, 0.3) is 0 Å². The predicted molar refractivity (Wildman–Crippen MR) is 67.4 cm³/mol. The Morgan fingerprint density at radius 1 is 1.59 bits per heavy atom. The lowest BCUT2D eigenvalue weighted by Crippen LogP contribution is -2.33. The van der Waals surface area contributed by atoms with Crippen LogP contribution in [0.4, 0.5) is 0 Å². The van der Waals surface area contributed by atoms with E-state index in [2.05, 4.69) is 5.32 Å². The first-order chi connectivity index (χ1) is 8.22. The number of ether oxygens (including phenoxy) is 1. The number of carboxylic acid groups (broad SMARTS) is 1. The molecule has 2 atom stereocenters. The van der Waals surface area contributed by atoms with Crippen molar-refractivity contribution in [2.75, 3.05) is 12.4 Å². The van der Waals surface area contributed by atoms with Crippen molar-refractivity contribution in [1.29, 1.82) is 0 Å². The number of hydrogen-bond donors (Lipinski definition) is 2. The van der Waals surface area contributed by atoms with Crippen LogP contribution in [-0.4, -0.2) is 29.5 Å². The molecule has 1 aromatic rings. The Morgan fingerprint density at radius 3 is 3.00 bits per heavy atom. The minimum absolute atomic E-state index is 0.00106. The molecule has 0 spiro atoms. The van der Waals surface area contributed by atoms with E-state index in [9.17, 15) is 4.79 Å². The fourth-order valence-electron chi connectivity index (χ4n) is 1.78. The zero-order valence-corrected chi connectivity index (χ0v) is 10.4. The number of hydrogen-bond acceptors (Lipinski definition) is 4. The minimum atomic E-state index is -0.797. The number of nitrogens with one attached hydrogen (secondary N) is 1. The van der Waals surface area contributed by atoms with E-state index in [0.717, 1.165) is 11.3 Å². The number of aliphatic carboxylic acids is 1. The summed E-state index contributed by atoms with van der Waals surface area (Å²) >= 11 is 1.60. The minimum Gasteiger partial charge on any atom is -0.494 e. The summed E-state index contributed by atoms with van der Waals surface area (Å²) in [4.78, 5) is 10.9. The largest absolute Gasteiger partial charge is 0.494 e. The molecule has 0 bridgehead atoms. The highest BCUT2D eigenvalue weighted by Crippen LogP contribution is 2.37. The van der Waals surface area contributed by atoms with Gasteiger partial charge in [0.05, 0.1) is 12.0 Å². The van der Waals surface area contributed by atoms with Crippen molar-refractivity contribution >= 4 is 17.7 Å². The van der Waals surface area contributed by atoms with Gasteiger partial charge in [0, 0.05) is 11.3 Å². The summed E-state index contributed by atoms with van der Waals surface area (Å²) in [6, 6.07) is 7.27. The van der Waals surface area contributed by atoms with E-state index in [1.165, 1.54) is 0 Å². The van der Waals surface area contributed by atoms with Gasteiger partial charge in [-0.1, -0.05) is 18.2 Å². The summed E-state index contributed by atoms with van der Waals surface area (Å²) in [7, 11) is 0. The highest BCUT2D eigenvalue weighted by molar-refractivity contribution is 7.99.